The van der Waals surface area contributed by atoms with Crippen LogP contribution in [0.5, 0.6) is 0 Å². The van der Waals surface area contributed by atoms with Gasteiger partial charge in [-0.25, -0.2) is 0 Å². The second-order valence-electron chi connectivity index (χ2n) is 5.34. The normalized spacial score (nSPS) is 11.2. The first kappa shape index (κ1) is 20.4. The lowest BCUT2D eigenvalue weighted by molar-refractivity contribution is 0.666. The molecule has 0 aliphatic heterocycles. The molecule has 132 valence electrons. The number of nitrogens with two attached hydrogens (primary N) is 1. The molecule has 3 N–H and O–H groups in total. The van der Waals surface area contributed by atoms with Crippen LogP contribution in [-0.2, 0) is 25.8 Å². The highest BCUT2D eigenvalue weighted by molar-refractivity contribution is 14.0. The highest BCUT2D eigenvalue weighted by Crippen LogP contribution is 2.22. The van der Waals surface area contributed by atoms with E-state index in [1.54, 1.807) is 6.33 Å². The molecule has 2 aromatic rings. The molecule has 0 fully saturated rings. The van der Waals surface area contributed by atoms with Crippen molar-refractivity contribution in [2.45, 2.75) is 46.6 Å². The van der Waals surface area contributed by atoms with Gasteiger partial charge in [-0.15, -0.1) is 34.2 Å². The maximum atomic E-state index is 6.06. The first-order chi connectivity index (χ1) is 11.2. The van der Waals surface area contributed by atoms with Crippen LogP contribution in [0.3, 0.4) is 0 Å². The average molecular weight is 442 g/mol. The third-order valence-electron chi connectivity index (χ3n) is 3.89. The Bertz CT molecular complexity index is 643. The fraction of sp³-hybridized carbons (Fsp3) is 0.471. The van der Waals surface area contributed by atoms with E-state index in [4.69, 9.17) is 5.73 Å². The van der Waals surface area contributed by atoms with Gasteiger partial charge in [0.05, 0.1) is 6.54 Å². The molecule has 0 atom stereocenters. The van der Waals surface area contributed by atoms with E-state index < -0.39 is 0 Å². The zero-order valence-corrected chi connectivity index (χ0v) is 16.9. The van der Waals surface area contributed by atoms with Crippen LogP contribution in [0, 0.1) is 0 Å². The van der Waals surface area contributed by atoms with Crippen molar-refractivity contribution in [3.63, 3.8) is 0 Å². The summed E-state index contributed by atoms with van der Waals surface area (Å²) in [6.07, 6.45) is 4.52. The van der Waals surface area contributed by atoms with Crippen molar-refractivity contribution in [1.29, 1.82) is 0 Å². The number of para-hydroxylation sites is 1. The Morgan fingerprint density at radius 3 is 2.42 bits per heavy atom. The summed E-state index contributed by atoms with van der Waals surface area (Å²) in [5.74, 6) is 1.42. The van der Waals surface area contributed by atoms with Crippen LogP contribution in [0.1, 0.15) is 37.7 Å². The number of rotatable bonds is 7. The molecule has 24 heavy (non-hydrogen) atoms. The van der Waals surface area contributed by atoms with Crippen LogP contribution in [0.2, 0.25) is 0 Å². The minimum absolute atomic E-state index is 0. The van der Waals surface area contributed by atoms with E-state index in [1.807, 2.05) is 4.57 Å². The van der Waals surface area contributed by atoms with Crippen molar-refractivity contribution in [3.8, 4) is 0 Å². The third kappa shape index (κ3) is 5.19. The molecule has 1 aromatic heterocycles. The van der Waals surface area contributed by atoms with E-state index in [0.717, 1.165) is 37.3 Å². The molecule has 1 heterocycles. The third-order valence-corrected chi connectivity index (χ3v) is 3.89. The number of aliphatic imine (C=N–C) groups is 1. The second-order valence-corrected chi connectivity index (χ2v) is 5.34. The van der Waals surface area contributed by atoms with Crippen molar-refractivity contribution in [2.75, 3.05) is 11.9 Å². The summed E-state index contributed by atoms with van der Waals surface area (Å²) < 4.78 is 2.01. The predicted octanol–water partition coefficient (Wildman–Crippen LogP) is 3.01. The number of guanidine groups is 1. The number of anilines is 1. The zero-order chi connectivity index (χ0) is 16.7. The van der Waals surface area contributed by atoms with Crippen molar-refractivity contribution < 1.29 is 0 Å². The molecule has 0 aliphatic carbocycles. The lowest BCUT2D eigenvalue weighted by atomic mass is 10.0. The fourth-order valence-electron chi connectivity index (χ4n) is 2.59. The van der Waals surface area contributed by atoms with Gasteiger partial charge in [-0.3, -0.25) is 4.99 Å². The summed E-state index contributed by atoms with van der Waals surface area (Å²) in [5, 5.41) is 11.3. The van der Waals surface area contributed by atoms with Crippen molar-refractivity contribution >= 4 is 35.6 Å². The molecule has 0 unspecified atom stereocenters. The van der Waals surface area contributed by atoms with Gasteiger partial charge >= 0.3 is 0 Å². The molecule has 0 bridgehead atoms. The largest absolute Gasteiger partial charge is 0.370 e. The average Bonchev–Trinajstić information content (AvgIpc) is 3.02. The van der Waals surface area contributed by atoms with E-state index in [9.17, 15) is 0 Å². The van der Waals surface area contributed by atoms with Crippen LogP contribution in [0.25, 0.3) is 0 Å². The Morgan fingerprint density at radius 2 is 1.83 bits per heavy atom. The molecule has 7 heteroatoms. The van der Waals surface area contributed by atoms with Crippen LogP contribution < -0.4 is 11.1 Å². The number of nitrogens with one attached hydrogen (secondary N) is 1. The Balaban J connectivity index is 0.00000288. The molecule has 0 radical (unpaired) electrons. The maximum absolute atomic E-state index is 6.06. The first-order valence-electron chi connectivity index (χ1n) is 8.23. The Morgan fingerprint density at radius 1 is 1.17 bits per heavy atom. The molecule has 0 spiro atoms. The van der Waals surface area contributed by atoms with Gasteiger partial charge in [0, 0.05) is 18.7 Å². The Hall–Kier alpha value is -1.64. The Labute approximate surface area is 161 Å². The topological polar surface area (TPSA) is 81.1 Å². The number of hydrogen-bond donors (Lipinski definition) is 2. The lowest BCUT2D eigenvalue weighted by Gasteiger charge is -2.15. The predicted molar refractivity (Wildman–Crippen MR) is 110 cm³/mol. The van der Waals surface area contributed by atoms with Gasteiger partial charge in [0.2, 0.25) is 0 Å². The summed E-state index contributed by atoms with van der Waals surface area (Å²) >= 11 is 0. The maximum Gasteiger partial charge on any atom is 0.193 e. The number of nitrogens with zero attached hydrogens (tertiary/aromatic N) is 4. The second kappa shape index (κ2) is 10.3. The van der Waals surface area contributed by atoms with Crippen molar-refractivity contribution in [3.05, 3.63) is 41.5 Å². The van der Waals surface area contributed by atoms with Crippen LogP contribution in [0.4, 0.5) is 5.69 Å². The van der Waals surface area contributed by atoms with Gasteiger partial charge < -0.3 is 15.6 Å². The molecule has 0 saturated heterocycles. The van der Waals surface area contributed by atoms with E-state index in [2.05, 4.69) is 59.5 Å². The van der Waals surface area contributed by atoms with Crippen molar-refractivity contribution in [2.24, 2.45) is 10.7 Å². The quantitative estimate of drug-likeness (QED) is 0.393. The molecular formula is C17H27IN6. The van der Waals surface area contributed by atoms with Gasteiger partial charge in [-0.2, -0.15) is 0 Å². The number of aryl methyl sites for hydroxylation is 3. The lowest BCUT2D eigenvalue weighted by Crippen LogP contribution is -2.25. The summed E-state index contributed by atoms with van der Waals surface area (Å²) in [7, 11) is 0. The number of benzene rings is 1. The van der Waals surface area contributed by atoms with Gasteiger partial charge in [-0.05, 0) is 24.0 Å². The number of aromatic nitrogens is 3. The van der Waals surface area contributed by atoms with Crippen molar-refractivity contribution in [1.82, 2.24) is 14.8 Å². The minimum atomic E-state index is 0. The highest BCUT2D eigenvalue weighted by atomic mass is 127. The molecule has 0 saturated carbocycles. The molecule has 2 rings (SSSR count). The summed E-state index contributed by atoms with van der Waals surface area (Å²) in [6.45, 7) is 7.68. The summed E-state index contributed by atoms with van der Waals surface area (Å²) in [6, 6.07) is 6.34. The molecule has 0 aliphatic rings. The van der Waals surface area contributed by atoms with Gasteiger partial charge in [0.1, 0.15) is 12.2 Å². The Kier molecular flexibility index (Phi) is 8.73. The van der Waals surface area contributed by atoms with E-state index in [0.29, 0.717) is 12.5 Å². The summed E-state index contributed by atoms with van der Waals surface area (Å²) in [5.41, 5.74) is 9.67. The van der Waals surface area contributed by atoms with E-state index in [-0.39, 0.29) is 24.0 Å². The fourth-order valence-corrected chi connectivity index (χ4v) is 2.59. The SMILES string of the molecule is CCc1cccc(CC)c1NC(N)=NCCn1cnnc1CC.I. The number of halogens is 1. The van der Waals surface area contributed by atoms with Gasteiger partial charge in [-0.1, -0.05) is 39.0 Å². The number of hydrogen-bond acceptors (Lipinski definition) is 3. The zero-order valence-electron chi connectivity index (χ0n) is 14.6. The van der Waals surface area contributed by atoms with Crippen LogP contribution in [0.15, 0.2) is 29.5 Å². The smallest absolute Gasteiger partial charge is 0.193 e. The van der Waals surface area contributed by atoms with E-state index >= 15 is 0 Å². The standard InChI is InChI=1S/C17H26N6.HI/c1-4-13-8-7-9-14(5-2)16(13)21-17(18)19-10-11-23-12-20-22-15(23)6-3;/h7-9,12H,4-6,10-11H2,1-3H3,(H3,18,19,21);1H. The van der Waals surface area contributed by atoms with Gasteiger partial charge in [0.15, 0.2) is 5.96 Å². The molecule has 6 nitrogen and oxygen atoms in total. The summed E-state index contributed by atoms with van der Waals surface area (Å²) in [4.78, 5) is 4.43. The molecule has 0 amide bonds. The van der Waals surface area contributed by atoms with Crippen LogP contribution >= 0.6 is 24.0 Å². The van der Waals surface area contributed by atoms with Gasteiger partial charge in [0.25, 0.3) is 0 Å². The minimum Gasteiger partial charge on any atom is -0.370 e. The molecular weight excluding hydrogens is 415 g/mol. The van der Waals surface area contributed by atoms with Crippen LogP contribution in [-0.4, -0.2) is 27.3 Å². The monoisotopic (exact) mass is 442 g/mol. The van der Waals surface area contributed by atoms with E-state index in [1.165, 1.54) is 11.1 Å². The molecule has 1 aromatic carbocycles. The first-order valence-corrected chi connectivity index (χ1v) is 8.23. The highest BCUT2D eigenvalue weighted by Gasteiger charge is 2.07.